The molecule has 14 heavy (non-hydrogen) atoms. The highest BCUT2D eigenvalue weighted by molar-refractivity contribution is 4.70. The second-order valence-corrected chi connectivity index (χ2v) is 4.93. The van der Waals surface area contributed by atoms with E-state index in [2.05, 4.69) is 39.9 Å². The molecule has 0 aliphatic heterocycles. The van der Waals surface area contributed by atoms with Gasteiger partial charge < -0.3 is 5.32 Å². The minimum Gasteiger partial charge on any atom is -0.312 e. The van der Waals surface area contributed by atoms with Crippen LogP contribution in [0.15, 0.2) is 0 Å². The van der Waals surface area contributed by atoms with E-state index in [9.17, 15) is 0 Å². The highest BCUT2D eigenvalue weighted by Crippen LogP contribution is 2.09. The molecule has 1 heteroatoms. The van der Waals surface area contributed by atoms with Crippen LogP contribution in [0.4, 0.5) is 0 Å². The topological polar surface area (TPSA) is 12.0 Å². The van der Waals surface area contributed by atoms with E-state index in [-0.39, 0.29) is 0 Å². The summed E-state index contributed by atoms with van der Waals surface area (Å²) in [7, 11) is 0. The monoisotopic (exact) mass is 199 g/mol. The zero-order valence-corrected chi connectivity index (χ0v) is 10.8. The molecule has 0 bridgehead atoms. The predicted molar refractivity (Wildman–Crippen MR) is 65.7 cm³/mol. The molecule has 0 saturated carbocycles. The Kier molecular flexibility index (Phi) is 8.26. The van der Waals surface area contributed by atoms with Gasteiger partial charge in [-0.1, -0.05) is 34.1 Å². The lowest BCUT2D eigenvalue weighted by molar-refractivity contribution is 0.376. The Labute approximate surface area is 90.7 Å². The SMILES string of the molecule is CCCC(CC)NC(C)CCC(C)C. The van der Waals surface area contributed by atoms with Crippen molar-refractivity contribution in [2.75, 3.05) is 0 Å². The van der Waals surface area contributed by atoms with Gasteiger partial charge in [0.2, 0.25) is 0 Å². The molecule has 0 rings (SSSR count). The van der Waals surface area contributed by atoms with Gasteiger partial charge in [0.25, 0.3) is 0 Å². The van der Waals surface area contributed by atoms with E-state index in [0.717, 1.165) is 12.0 Å². The molecule has 86 valence electrons. The van der Waals surface area contributed by atoms with E-state index >= 15 is 0 Å². The fourth-order valence-corrected chi connectivity index (χ4v) is 1.82. The molecule has 0 fully saturated rings. The van der Waals surface area contributed by atoms with E-state index in [4.69, 9.17) is 0 Å². The lowest BCUT2D eigenvalue weighted by atomic mass is 10.0. The molecule has 0 aliphatic rings. The zero-order chi connectivity index (χ0) is 11.0. The highest BCUT2D eigenvalue weighted by atomic mass is 14.9. The molecule has 0 saturated heterocycles. The Bertz CT molecular complexity index is 120. The number of hydrogen-bond acceptors (Lipinski definition) is 1. The Morgan fingerprint density at radius 1 is 0.929 bits per heavy atom. The van der Waals surface area contributed by atoms with Crippen molar-refractivity contribution in [3.63, 3.8) is 0 Å². The smallest absolute Gasteiger partial charge is 0.00668 e. The van der Waals surface area contributed by atoms with E-state index in [1.165, 1.54) is 32.1 Å². The Hall–Kier alpha value is -0.0400. The number of rotatable bonds is 8. The second-order valence-electron chi connectivity index (χ2n) is 4.93. The molecule has 0 spiro atoms. The van der Waals surface area contributed by atoms with Crippen LogP contribution in [0.25, 0.3) is 0 Å². The van der Waals surface area contributed by atoms with Crippen LogP contribution < -0.4 is 5.32 Å². The van der Waals surface area contributed by atoms with Crippen LogP contribution in [-0.2, 0) is 0 Å². The third-order valence-electron chi connectivity index (χ3n) is 2.83. The first kappa shape index (κ1) is 14.0. The third-order valence-corrected chi connectivity index (χ3v) is 2.83. The summed E-state index contributed by atoms with van der Waals surface area (Å²) in [5.74, 6) is 0.838. The normalized spacial score (nSPS) is 15.9. The quantitative estimate of drug-likeness (QED) is 0.623. The van der Waals surface area contributed by atoms with E-state index in [1.807, 2.05) is 0 Å². The maximum atomic E-state index is 3.72. The molecule has 1 N–H and O–H groups in total. The summed E-state index contributed by atoms with van der Waals surface area (Å²) in [6, 6.07) is 1.43. The summed E-state index contributed by atoms with van der Waals surface area (Å²) in [6.07, 6.45) is 6.54. The van der Waals surface area contributed by atoms with Gasteiger partial charge in [0.1, 0.15) is 0 Å². The van der Waals surface area contributed by atoms with Crippen molar-refractivity contribution in [3.8, 4) is 0 Å². The molecule has 0 radical (unpaired) electrons. The number of hydrogen-bond donors (Lipinski definition) is 1. The van der Waals surface area contributed by atoms with Gasteiger partial charge in [0.05, 0.1) is 0 Å². The summed E-state index contributed by atoms with van der Waals surface area (Å²) < 4.78 is 0. The van der Waals surface area contributed by atoms with Crippen molar-refractivity contribution in [1.82, 2.24) is 5.32 Å². The minimum atomic E-state index is 0.689. The maximum Gasteiger partial charge on any atom is 0.00668 e. The standard InChI is InChI=1S/C13H29N/c1-6-8-13(7-2)14-12(5)10-9-11(3)4/h11-14H,6-10H2,1-5H3. The highest BCUT2D eigenvalue weighted by Gasteiger charge is 2.09. The summed E-state index contributed by atoms with van der Waals surface area (Å²) in [5.41, 5.74) is 0. The zero-order valence-electron chi connectivity index (χ0n) is 10.8. The van der Waals surface area contributed by atoms with Crippen molar-refractivity contribution >= 4 is 0 Å². The van der Waals surface area contributed by atoms with Crippen molar-refractivity contribution < 1.29 is 0 Å². The fraction of sp³-hybridized carbons (Fsp3) is 1.00. The molecule has 0 heterocycles. The van der Waals surface area contributed by atoms with E-state index in [0.29, 0.717) is 6.04 Å². The second kappa shape index (κ2) is 8.28. The van der Waals surface area contributed by atoms with E-state index in [1.54, 1.807) is 0 Å². The van der Waals surface area contributed by atoms with Gasteiger partial charge in [0, 0.05) is 12.1 Å². The summed E-state index contributed by atoms with van der Waals surface area (Å²) in [4.78, 5) is 0. The van der Waals surface area contributed by atoms with Crippen LogP contribution in [0.2, 0.25) is 0 Å². The third kappa shape index (κ3) is 7.37. The molecule has 1 nitrogen and oxygen atoms in total. The molecular formula is C13H29N. The van der Waals surface area contributed by atoms with Crippen molar-refractivity contribution in [2.24, 2.45) is 5.92 Å². The van der Waals surface area contributed by atoms with Gasteiger partial charge in [-0.25, -0.2) is 0 Å². The lowest BCUT2D eigenvalue weighted by Gasteiger charge is -2.22. The number of nitrogens with one attached hydrogen (secondary N) is 1. The van der Waals surface area contributed by atoms with Gasteiger partial charge in [-0.3, -0.25) is 0 Å². The van der Waals surface area contributed by atoms with Crippen LogP contribution in [0.1, 0.15) is 66.7 Å². The average molecular weight is 199 g/mol. The molecule has 2 atom stereocenters. The molecular weight excluding hydrogens is 170 g/mol. The Morgan fingerprint density at radius 3 is 2.00 bits per heavy atom. The van der Waals surface area contributed by atoms with Gasteiger partial charge >= 0.3 is 0 Å². The van der Waals surface area contributed by atoms with Gasteiger partial charge in [0.15, 0.2) is 0 Å². The van der Waals surface area contributed by atoms with Crippen molar-refractivity contribution in [3.05, 3.63) is 0 Å². The molecule has 0 aliphatic carbocycles. The molecule has 0 aromatic carbocycles. The van der Waals surface area contributed by atoms with Crippen LogP contribution >= 0.6 is 0 Å². The Balaban J connectivity index is 3.61. The first-order valence-electron chi connectivity index (χ1n) is 6.36. The minimum absolute atomic E-state index is 0.689. The van der Waals surface area contributed by atoms with Crippen LogP contribution in [-0.4, -0.2) is 12.1 Å². The molecule has 0 aromatic heterocycles. The first-order valence-corrected chi connectivity index (χ1v) is 6.36. The average Bonchev–Trinajstić information content (AvgIpc) is 2.14. The first-order chi connectivity index (χ1) is 6.60. The molecule has 2 unspecified atom stereocenters. The summed E-state index contributed by atoms with van der Waals surface area (Å²) in [6.45, 7) is 11.5. The van der Waals surface area contributed by atoms with Gasteiger partial charge in [-0.2, -0.15) is 0 Å². The molecule has 0 amide bonds. The predicted octanol–water partition coefficient (Wildman–Crippen LogP) is 3.98. The maximum absolute atomic E-state index is 3.72. The van der Waals surface area contributed by atoms with E-state index < -0.39 is 0 Å². The van der Waals surface area contributed by atoms with Crippen LogP contribution in [0, 0.1) is 5.92 Å². The van der Waals surface area contributed by atoms with Crippen molar-refractivity contribution in [2.45, 2.75) is 78.8 Å². The van der Waals surface area contributed by atoms with Gasteiger partial charge in [-0.05, 0) is 38.5 Å². The Morgan fingerprint density at radius 2 is 1.57 bits per heavy atom. The van der Waals surface area contributed by atoms with Crippen LogP contribution in [0.3, 0.4) is 0 Å². The van der Waals surface area contributed by atoms with Crippen molar-refractivity contribution in [1.29, 1.82) is 0 Å². The van der Waals surface area contributed by atoms with Crippen LogP contribution in [0.5, 0.6) is 0 Å². The summed E-state index contributed by atoms with van der Waals surface area (Å²) in [5, 5.41) is 3.72. The fourth-order valence-electron chi connectivity index (χ4n) is 1.82. The lowest BCUT2D eigenvalue weighted by Crippen LogP contribution is -2.36. The largest absolute Gasteiger partial charge is 0.312 e. The van der Waals surface area contributed by atoms with Gasteiger partial charge in [-0.15, -0.1) is 0 Å². The summed E-state index contributed by atoms with van der Waals surface area (Å²) >= 11 is 0. The molecule has 0 aromatic rings.